The average molecular weight is 334 g/mol. The van der Waals surface area contributed by atoms with Gasteiger partial charge in [0.05, 0.1) is 5.56 Å². The first-order valence-electron chi connectivity index (χ1n) is 7.72. The van der Waals surface area contributed by atoms with E-state index in [0.717, 1.165) is 12.3 Å². The molecule has 0 radical (unpaired) electrons. The van der Waals surface area contributed by atoms with Crippen molar-refractivity contribution in [1.29, 1.82) is 0 Å². The molecule has 0 amide bonds. The number of aromatic nitrogens is 3. The first-order valence-corrected chi connectivity index (χ1v) is 8.10. The average Bonchev–Trinajstić information content (AvgIpc) is 3.23. The molecule has 2 aliphatic carbocycles. The van der Waals surface area contributed by atoms with Gasteiger partial charge in [-0.2, -0.15) is 0 Å². The molecule has 2 fully saturated rings. The Hall–Kier alpha value is -2.08. The van der Waals surface area contributed by atoms with E-state index in [1.165, 1.54) is 25.3 Å². The summed E-state index contributed by atoms with van der Waals surface area (Å²) >= 11 is 5.90. The van der Waals surface area contributed by atoms with E-state index in [9.17, 15) is 4.79 Å². The Labute approximate surface area is 138 Å². The number of fused-ring (bicyclic) bond motifs is 2. The summed E-state index contributed by atoms with van der Waals surface area (Å²) in [5.41, 5.74) is -0.0268. The fourth-order valence-corrected chi connectivity index (χ4v) is 3.93. The maximum atomic E-state index is 11.0. The minimum atomic E-state index is -1.10. The number of carboxylic acid groups (broad SMARTS) is 1. The van der Waals surface area contributed by atoms with Crippen LogP contribution >= 0.6 is 11.6 Å². The third-order valence-corrected chi connectivity index (χ3v) is 5.10. The number of pyridine rings is 1. The number of carboxylic acids is 1. The molecular weight excluding hydrogens is 318 g/mol. The Morgan fingerprint density at radius 3 is 2.83 bits per heavy atom. The second kappa shape index (κ2) is 5.53. The van der Waals surface area contributed by atoms with Crippen LogP contribution in [0.15, 0.2) is 24.4 Å². The van der Waals surface area contributed by atoms with Gasteiger partial charge in [0, 0.05) is 12.3 Å². The van der Waals surface area contributed by atoms with Crippen molar-refractivity contribution in [2.24, 2.45) is 11.8 Å². The van der Waals surface area contributed by atoms with Crippen LogP contribution in [0.2, 0.25) is 5.15 Å². The van der Waals surface area contributed by atoms with Crippen LogP contribution in [-0.2, 0) is 0 Å². The van der Waals surface area contributed by atoms with Crippen LogP contribution in [0.1, 0.15) is 36.0 Å². The zero-order valence-electron chi connectivity index (χ0n) is 12.4. The Morgan fingerprint density at radius 2 is 2.17 bits per heavy atom. The molecule has 0 aromatic carbocycles. The molecule has 23 heavy (non-hydrogen) atoms. The maximum Gasteiger partial charge on any atom is 0.338 e. The number of rotatable bonds is 4. The molecule has 7 heteroatoms. The number of nitrogens with zero attached hydrogens (tertiary/aromatic N) is 3. The summed E-state index contributed by atoms with van der Waals surface area (Å²) < 4.78 is 7.56. The summed E-state index contributed by atoms with van der Waals surface area (Å²) in [6.07, 6.45) is 6.99. The van der Waals surface area contributed by atoms with Crippen LogP contribution in [0, 0.1) is 11.8 Å². The first-order chi connectivity index (χ1) is 11.1. The largest absolute Gasteiger partial charge is 0.478 e. The normalized spacial score (nSPS) is 25.7. The van der Waals surface area contributed by atoms with Gasteiger partial charge in [0.15, 0.2) is 5.82 Å². The van der Waals surface area contributed by atoms with Crippen molar-refractivity contribution in [3.8, 4) is 11.7 Å². The fourth-order valence-electron chi connectivity index (χ4n) is 3.70. The van der Waals surface area contributed by atoms with Gasteiger partial charge in [0.25, 0.3) is 0 Å². The van der Waals surface area contributed by atoms with Gasteiger partial charge in [0.1, 0.15) is 11.3 Å². The van der Waals surface area contributed by atoms with E-state index < -0.39 is 5.97 Å². The minimum absolute atomic E-state index is 0.0268. The van der Waals surface area contributed by atoms with Gasteiger partial charge in [-0.25, -0.2) is 14.5 Å². The molecule has 2 heterocycles. The Balaban J connectivity index is 1.51. The van der Waals surface area contributed by atoms with Gasteiger partial charge in [-0.15, -0.1) is 5.10 Å². The lowest BCUT2D eigenvalue weighted by molar-refractivity contribution is 0.0696. The molecular formula is C16H16ClN3O3. The van der Waals surface area contributed by atoms with E-state index in [0.29, 0.717) is 17.6 Å². The van der Waals surface area contributed by atoms with E-state index in [-0.39, 0.29) is 16.8 Å². The molecule has 0 spiro atoms. The molecule has 0 unspecified atom stereocenters. The molecule has 0 saturated heterocycles. The third kappa shape index (κ3) is 2.67. The van der Waals surface area contributed by atoms with Gasteiger partial charge in [-0.1, -0.05) is 11.6 Å². The maximum absolute atomic E-state index is 11.0. The standard InChI is InChI=1S/C16H16ClN3O3/c17-15-11(16(21)22)3-4-13(18-15)20-6-5-14(19-20)23-12-8-9-1-2-10(12)7-9/h3-6,9-10,12H,1-2,7-8H2,(H,21,22)/t9-,10+,12+/m1/s1. The van der Waals surface area contributed by atoms with E-state index in [1.807, 2.05) is 0 Å². The smallest absolute Gasteiger partial charge is 0.338 e. The summed E-state index contributed by atoms with van der Waals surface area (Å²) in [7, 11) is 0. The lowest BCUT2D eigenvalue weighted by Gasteiger charge is -2.21. The van der Waals surface area contributed by atoms with Crippen LogP contribution in [-0.4, -0.2) is 31.9 Å². The lowest BCUT2D eigenvalue weighted by Crippen LogP contribution is -2.23. The van der Waals surface area contributed by atoms with Crippen LogP contribution < -0.4 is 4.74 Å². The zero-order valence-corrected chi connectivity index (χ0v) is 13.1. The number of aromatic carboxylic acids is 1. The molecule has 2 saturated carbocycles. The highest BCUT2D eigenvalue weighted by Crippen LogP contribution is 2.45. The van der Waals surface area contributed by atoms with Crippen molar-refractivity contribution in [3.63, 3.8) is 0 Å². The van der Waals surface area contributed by atoms with Crippen molar-refractivity contribution in [1.82, 2.24) is 14.8 Å². The Kier molecular flexibility index (Phi) is 3.49. The van der Waals surface area contributed by atoms with Gasteiger partial charge in [-0.3, -0.25) is 0 Å². The molecule has 0 aliphatic heterocycles. The quantitative estimate of drug-likeness (QED) is 0.869. The molecule has 4 rings (SSSR count). The van der Waals surface area contributed by atoms with Gasteiger partial charge in [0.2, 0.25) is 5.88 Å². The number of carbonyl (C=O) groups is 1. The molecule has 1 N–H and O–H groups in total. The Bertz CT molecular complexity index is 761. The number of ether oxygens (including phenoxy) is 1. The van der Waals surface area contributed by atoms with E-state index >= 15 is 0 Å². The van der Waals surface area contributed by atoms with E-state index in [1.54, 1.807) is 23.0 Å². The monoisotopic (exact) mass is 333 g/mol. The summed E-state index contributed by atoms with van der Waals surface area (Å²) in [4.78, 5) is 15.0. The SMILES string of the molecule is O=C(O)c1ccc(-n2ccc(O[C@H]3C[C@@H]4CC[C@H]3C4)n2)nc1Cl. The molecule has 6 nitrogen and oxygen atoms in total. The molecule has 2 bridgehead atoms. The van der Waals surface area contributed by atoms with E-state index in [4.69, 9.17) is 21.4 Å². The van der Waals surface area contributed by atoms with Gasteiger partial charge in [-0.05, 0) is 49.7 Å². The molecule has 3 atom stereocenters. The molecule has 2 aromatic rings. The fraction of sp³-hybridized carbons (Fsp3) is 0.438. The summed E-state index contributed by atoms with van der Waals surface area (Å²) in [5, 5.41) is 13.3. The minimum Gasteiger partial charge on any atom is -0.478 e. The van der Waals surface area contributed by atoms with Crippen molar-refractivity contribution in [2.75, 3.05) is 0 Å². The Morgan fingerprint density at radius 1 is 1.30 bits per heavy atom. The second-order valence-electron chi connectivity index (χ2n) is 6.24. The first kappa shape index (κ1) is 14.5. The predicted octanol–water partition coefficient (Wildman–Crippen LogP) is 3.19. The van der Waals surface area contributed by atoms with Crippen LogP contribution in [0.4, 0.5) is 0 Å². The third-order valence-electron chi connectivity index (χ3n) is 4.81. The highest BCUT2D eigenvalue weighted by atomic mass is 35.5. The van der Waals surface area contributed by atoms with Crippen molar-refractivity contribution in [3.05, 3.63) is 35.1 Å². The molecule has 2 aliphatic rings. The van der Waals surface area contributed by atoms with Gasteiger partial charge < -0.3 is 9.84 Å². The van der Waals surface area contributed by atoms with Crippen LogP contribution in [0.3, 0.4) is 0 Å². The summed E-state index contributed by atoms with van der Waals surface area (Å²) in [6.45, 7) is 0. The van der Waals surface area contributed by atoms with Crippen molar-refractivity contribution in [2.45, 2.75) is 31.8 Å². The highest BCUT2D eigenvalue weighted by Gasteiger charge is 2.41. The van der Waals surface area contributed by atoms with Crippen LogP contribution in [0.25, 0.3) is 5.82 Å². The van der Waals surface area contributed by atoms with E-state index in [2.05, 4.69) is 10.1 Å². The predicted molar refractivity (Wildman–Crippen MR) is 83.2 cm³/mol. The molecule has 120 valence electrons. The summed E-state index contributed by atoms with van der Waals surface area (Å²) in [5.74, 6) is 1.41. The van der Waals surface area contributed by atoms with Crippen molar-refractivity contribution < 1.29 is 14.6 Å². The lowest BCUT2D eigenvalue weighted by atomic mass is 9.98. The number of hydrogen-bond acceptors (Lipinski definition) is 4. The van der Waals surface area contributed by atoms with Crippen molar-refractivity contribution >= 4 is 17.6 Å². The second-order valence-corrected chi connectivity index (χ2v) is 6.60. The number of halogens is 1. The highest BCUT2D eigenvalue weighted by molar-refractivity contribution is 6.32. The van der Waals surface area contributed by atoms with Crippen LogP contribution in [0.5, 0.6) is 5.88 Å². The number of hydrogen-bond donors (Lipinski definition) is 1. The zero-order chi connectivity index (χ0) is 16.0. The molecule has 2 aromatic heterocycles. The summed E-state index contributed by atoms with van der Waals surface area (Å²) in [6, 6.07) is 4.79. The van der Waals surface area contributed by atoms with Gasteiger partial charge >= 0.3 is 5.97 Å². The topological polar surface area (TPSA) is 77.2 Å².